The highest BCUT2D eigenvalue weighted by Crippen LogP contribution is 2.25. The van der Waals surface area contributed by atoms with Crippen LogP contribution in [0.15, 0.2) is 0 Å². The Hall–Kier alpha value is -1.18. The number of nitrogens with zero attached hydrogens (tertiary/aromatic N) is 2. The lowest BCUT2D eigenvalue weighted by Crippen LogP contribution is -2.55. The zero-order chi connectivity index (χ0) is 16.3. The van der Waals surface area contributed by atoms with E-state index in [1.807, 2.05) is 19.0 Å². The summed E-state index contributed by atoms with van der Waals surface area (Å²) in [6, 6.07) is -0.108. The normalized spacial score (nSPS) is 35.4. The molecule has 7 nitrogen and oxygen atoms in total. The van der Waals surface area contributed by atoms with Crippen LogP contribution in [0.2, 0.25) is 0 Å². The molecule has 126 valence electrons. The van der Waals surface area contributed by atoms with Gasteiger partial charge in [-0.2, -0.15) is 0 Å². The second-order valence-corrected chi connectivity index (χ2v) is 6.30. The first kappa shape index (κ1) is 17.2. The number of rotatable bonds is 1. The van der Waals surface area contributed by atoms with Gasteiger partial charge in [-0.1, -0.05) is 0 Å². The van der Waals surface area contributed by atoms with Crippen LogP contribution in [-0.4, -0.2) is 85.4 Å². The van der Waals surface area contributed by atoms with Gasteiger partial charge >= 0.3 is 11.9 Å². The fourth-order valence-electron chi connectivity index (χ4n) is 3.30. The molecule has 0 aromatic carbocycles. The molecule has 0 aliphatic carbocycles. The minimum atomic E-state index is -0.295. The molecule has 4 saturated heterocycles. The number of methoxy groups -OCH3 is 1. The third-order valence-electron chi connectivity index (χ3n) is 4.62. The van der Waals surface area contributed by atoms with Crippen LogP contribution in [0.25, 0.3) is 0 Å². The molecule has 4 aliphatic rings. The van der Waals surface area contributed by atoms with Gasteiger partial charge in [0.2, 0.25) is 0 Å². The van der Waals surface area contributed by atoms with E-state index in [1.165, 1.54) is 7.11 Å². The molecule has 4 aliphatic heterocycles. The summed E-state index contributed by atoms with van der Waals surface area (Å²) in [7, 11) is 5.20. The first-order chi connectivity index (χ1) is 10.4. The molecule has 22 heavy (non-hydrogen) atoms. The van der Waals surface area contributed by atoms with Crippen molar-refractivity contribution in [2.45, 2.75) is 50.0 Å². The molecule has 0 aromatic heterocycles. The number of fused-ring (bicyclic) bond motifs is 3. The summed E-state index contributed by atoms with van der Waals surface area (Å²) < 4.78 is 9.71. The molecule has 0 spiro atoms. The molecule has 4 atom stereocenters. The SMILES string of the molecule is CN1C[C@@H]2CC[C@H]1C(=O)O2.COC(=O)[C@@H]1CC[C@H](O)CN1C. The van der Waals surface area contributed by atoms with Gasteiger partial charge in [0.15, 0.2) is 0 Å². The fourth-order valence-corrected chi connectivity index (χ4v) is 3.30. The van der Waals surface area contributed by atoms with Gasteiger partial charge in [0, 0.05) is 13.1 Å². The lowest BCUT2D eigenvalue weighted by molar-refractivity contribution is -0.174. The van der Waals surface area contributed by atoms with Gasteiger partial charge < -0.3 is 14.6 Å². The first-order valence-electron chi connectivity index (χ1n) is 7.79. The summed E-state index contributed by atoms with van der Waals surface area (Å²) in [6.07, 6.45) is 3.30. The van der Waals surface area contributed by atoms with E-state index in [0.29, 0.717) is 19.4 Å². The van der Waals surface area contributed by atoms with Crippen molar-refractivity contribution in [3.63, 3.8) is 0 Å². The number of hydrogen-bond acceptors (Lipinski definition) is 7. The summed E-state index contributed by atoms with van der Waals surface area (Å²) in [6.45, 7) is 1.48. The third-order valence-corrected chi connectivity index (χ3v) is 4.62. The number of aliphatic hydroxyl groups excluding tert-OH is 1. The number of ether oxygens (including phenoxy) is 2. The molecular weight excluding hydrogens is 288 g/mol. The van der Waals surface area contributed by atoms with E-state index >= 15 is 0 Å². The molecule has 0 aromatic rings. The van der Waals surface area contributed by atoms with Gasteiger partial charge in [-0.3, -0.25) is 19.4 Å². The number of morpholine rings is 1. The van der Waals surface area contributed by atoms with E-state index in [2.05, 4.69) is 9.64 Å². The largest absolute Gasteiger partial charge is 0.468 e. The number of β-amino-alcohol motifs (C(OH)–C–C–N with tert-alkyl or cyclic N) is 1. The summed E-state index contributed by atoms with van der Waals surface area (Å²) in [5.74, 6) is -0.227. The quantitative estimate of drug-likeness (QED) is 0.661. The van der Waals surface area contributed by atoms with Gasteiger partial charge in [0.25, 0.3) is 0 Å². The Bertz CT molecular complexity index is 417. The zero-order valence-corrected chi connectivity index (χ0v) is 13.5. The first-order valence-corrected chi connectivity index (χ1v) is 7.79. The molecule has 0 saturated carbocycles. The number of likely N-dealkylation sites (N-methyl/N-ethyl adjacent to an activating group) is 2. The number of piperidine rings is 2. The van der Waals surface area contributed by atoms with Crippen molar-refractivity contribution < 1.29 is 24.2 Å². The molecule has 0 radical (unpaired) electrons. The molecule has 1 N–H and O–H groups in total. The summed E-state index contributed by atoms with van der Waals surface area (Å²) in [5, 5.41) is 9.26. The highest BCUT2D eigenvalue weighted by atomic mass is 16.6. The molecule has 4 rings (SSSR count). The molecule has 2 bridgehead atoms. The van der Waals surface area contributed by atoms with E-state index in [0.717, 1.165) is 19.4 Å². The van der Waals surface area contributed by atoms with E-state index in [9.17, 15) is 14.7 Å². The van der Waals surface area contributed by atoms with Crippen molar-refractivity contribution in [1.29, 1.82) is 0 Å². The highest BCUT2D eigenvalue weighted by molar-refractivity contribution is 5.77. The van der Waals surface area contributed by atoms with Crippen LogP contribution < -0.4 is 0 Å². The van der Waals surface area contributed by atoms with Crippen molar-refractivity contribution in [3.8, 4) is 0 Å². The standard InChI is InChI=1S/C8H15NO3.C7H11NO2/c1-9-5-6(10)3-4-7(9)8(11)12-2;1-8-4-5-2-3-6(8)7(9)10-5/h6-7,10H,3-5H2,1-2H3;5-6H,2-4H2,1H3/t6-,7-;5-,6-/m00/s1. The van der Waals surface area contributed by atoms with Crippen LogP contribution in [-0.2, 0) is 19.1 Å². The monoisotopic (exact) mass is 314 g/mol. The second-order valence-electron chi connectivity index (χ2n) is 6.30. The maximum Gasteiger partial charge on any atom is 0.323 e. The van der Waals surface area contributed by atoms with Crippen LogP contribution in [0.1, 0.15) is 25.7 Å². The zero-order valence-electron chi connectivity index (χ0n) is 13.5. The van der Waals surface area contributed by atoms with Crippen molar-refractivity contribution >= 4 is 11.9 Å². The lowest BCUT2D eigenvalue weighted by Gasteiger charge is -2.41. The average Bonchev–Trinajstić information content (AvgIpc) is 2.47. The Labute approximate surface area is 131 Å². The van der Waals surface area contributed by atoms with Crippen LogP contribution >= 0.6 is 0 Å². The third kappa shape index (κ3) is 3.97. The Morgan fingerprint density at radius 2 is 1.91 bits per heavy atom. The van der Waals surface area contributed by atoms with E-state index in [4.69, 9.17) is 4.74 Å². The Kier molecular flexibility index (Phi) is 5.77. The van der Waals surface area contributed by atoms with Gasteiger partial charge in [0.1, 0.15) is 18.2 Å². The summed E-state index contributed by atoms with van der Waals surface area (Å²) in [4.78, 5) is 26.1. The summed E-state index contributed by atoms with van der Waals surface area (Å²) in [5.41, 5.74) is 0. The lowest BCUT2D eigenvalue weighted by atomic mass is 9.97. The van der Waals surface area contributed by atoms with Crippen LogP contribution in [0, 0.1) is 0 Å². The van der Waals surface area contributed by atoms with E-state index in [1.54, 1.807) is 0 Å². The maximum atomic E-state index is 11.1. The van der Waals surface area contributed by atoms with E-state index < -0.39 is 0 Å². The minimum Gasteiger partial charge on any atom is -0.468 e. The highest BCUT2D eigenvalue weighted by Gasteiger charge is 2.39. The predicted molar refractivity (Wildman–Crippen MR) is 79.2 cm³/mol. The molecule has 0 unspecified atom stereocenters. The van der Waals surface area contributed by atoms with Gasteiger partial charge in [-0.15, -0.1) is 0 Å². The van der Waals surface area contributed by atoms with E-state index in [-0.39, 0.29) is 36.2 Å². The van der Waals surface area contributed by atoms with Gasteiger partial charge in [-0.25, -0.2) is 0 Å². The van der Waals surface area contributed by atoms with Gasteiger partial charge in [-0.05, 0) is 39.8 Å². The maximum absolute atomic E-state index is 11.1. The minimum absolute atomic E-state index is 0.0231. The Balaban J connectivity index is 0.000000162. The molecule has 0 amide bonds. The number of hydrogen-bond donors (Lipinski definition) is 1. The number of carbonyl (C=O) groups is 2. The van der Waals surface area contributed by atoms with Crippen molar-refractivity contribution in [3.05, 3.63) is 0 Å². The van der Waals surface area contributed by atoms with Crippen LogP contribution in [0.3, 0.4) is 0 Å². The molecule has 4 heterocycles. The van der Waals surface area contributed by atoms with Crippen LogP contribution in [0.4, 0.5) is 0 Å². The number of carbonyl (C=O) groups excluding carboxylic acids is 2. The molecule has 4 fully saturated rings. The smallest absolute Gasteiger partial charge is 0.323 e. The van der Waals surface area contributed by atoms with Gasteiger partial charge in [0.05, 0.1) is 13.2 Å². The summed E-state index contributed by atoms with van der Waals surface area (Å²) >= 11 is 0. The fraction of sp³-hybridized carbons (Fsp3) is 0.867. The second kappa shape index (κ2) is 7.39. The topological polar surface area (TPSA) is 79.3 Å². The Morgan fingerprint density at radius 1 is 1.18 bits per heavy atom. The van der Waals surface area contributed by atoms with Crippen LogP contribution in [0.5, 0.6) is 0 Å². The van der Waals surface area contributed by atoms with Crippen molar-refractivity contribution in [2.24, 2.45) is 0 Å². The number of aliphatic hydroxyl groups is 1. The molecule has 7 heteroatoms. The van der Waals surface area contributed by atoms with Crippen molar-refractivity contribution in [1.82, 2.24) is 9.80 Å². The number of likely N-dealkylation sites (tertiary alicyclic amines) is 1. The molecular formula is C15H26N2O5. The van der Waals surface area contributed by atoms with Crippen molar-refractivity contribution in [2.75, 3.05) is 34.3 Å². The number of esters is 2. The Morgan fingerprint density at radius 3 is 2.36 bits per heavy atom. The average molecular weight is 314 g/mol. The predicted octanol–water partition coefficient (Wildman–Crippen LogP) is -0.379.